The highest BCUT2D eigenvalue weighted by molar-refractivity contribution is 6.29. The summed E-state index contributed by atoms with van der Waals surface area (Å²) >= 11 is 5.61. The van der Waals surface area contributed by atoms with Gasteiger partial charge in [0.2, 0.25) is 0 Å². The zero-order valence-electron chi connectivity index (χ0n) is 7.56. The van der Waals surface area contributed by atoms with E-state index >= 15 is 0 Å². The van der Waals surface area contributed by atoms with Crippen molar-refractivity contribution in [3.63, 3.8) is 0 Å². The first-order valence-corrected chi connectivity index (χ1v) is 4.31. The van der Waals surface area contributed by atoms with Gasteiger partial charge in [0, 0.05) is 12.7 Å². The zero-order chi connectivity index (χ0) is 8.85. The van der Waals surface area contributed by atoms with Gasteiger partial charge in [0.05, 0.1) is 0 Å². The molecule has 0 saturated heterocycles. The Hall–Kier alpha value is -0.500. The summed E-state index contributed by atoms with van der Waals surface area (Å²) in [4.78, 5) is 4.01. The van der Waals surface area contributed by atoms with Gasteiger partial charge < -0.3 is 4.57 Å². The van der Waals surface area contributed by atoms with Crippen LogP contribution in [0.5, 0.6) is 0 Å². The Morgan fingerprint density at radius 2 is 2.09 bits per heavy atom. The minimum absolute atomic E-state index is 0.578. The predicted octanol–water partition coefficient (Wildman–Crippen LogP) is 2.89. The van der Waals surface area contributed by atoms with Crippen molar-refractivity contribution in [3.8, 4) is 0 Å². The van der Waals surface area contributed by atoms with Gasteiger partial charge in [0.15, 0.2) is 0 Å². The van der Waals surface area contributed by atoms with Crippen molar-refractivity contribution in [3.05, 3.63) is 17.2 Å². The van der Waals surface area contributed by atoms with E-state index in [1.54, 1.807) is 0 Å². The monoisotopic (exact) mass is 174 g/mol. The highest BCUT2D eigenvalue weighted by Gasteiger charge is 1.96. The van der Waals surface area contributed by atoms with E-state index < -0.39 is 0 Å². The molecule has 0 aliphatic carbocycles. The van der Waals surface area contributed by atoms with E-state index in [1.165, 1.54) is 0 Å². The van der Waals surface area contributed by atoms with E-state index in [0.717, 1.165) is 12.4 Å². The maximum Gasteiger partial charge on any atom is 0.147 e. The van der Waals surface area contributed by atoms with Crippen molar-refractivity contribution in [2.45, 2.75) is 34.2 Å². The Morgan fingerprint density at radius 3 is 2.27 bits per heavy atom. The van der Waals surface area contributed by atoms with Crippen molar-refractivity contribution < 1.29 is 0 Å². The lowest BCUT2D eigenvalue weighted by Gasteiger charge is -1.95. The average Bonchev–Trinajstić information content (AvgIpc) is 2.33. The quantitative estimate of drug-likeness (QED) is 0.640. The smallest absolute Gasteiger partial charge is 0.147 e. The summed E-state index contributed by atoms with van der Waals surface area (Å²) in [5.41, 5.74) is 0. The molecule has 1 heterocycles. The number of aryl methyl sites for hydroxylation is 2. The molecule has 0 aromatic carbocycles. The number of hydrogen-bond acceptors (Lipinski definition) is 1. The molecular weight excluding hydrogens is 160 g/mol. The van der Waals surface area contributed by atoms with E-state index in [0.29, 0.717) is 5.15 Å². The summed E-state index contributed by atoms with van der Waals surface area (Å²) in [5.74, 6) is 0.975. The lowest BCUT2D eigenvalue weighted by atomic mass is 10.6. The number of halogens is 1. The van der Waals surface area contributed by atoms with Gasteiger partial charge in [0.25, 0.3) is 0 Å². The normalized spacial score (nSPS) is 8.82. The maximum absolute atomic E-state index is 5.61. The van der Waals surface area contributed by atoms with Crippen LogP contribution in [0.4, 0.5) is 0 Å². The van der Waals surface area contributed by atoms with Gasteiger partial charge in [-0.1, -0.05) is 25.4 Å². The van der Waals surface area contributed by atoms with Crippen molar-refractivity contribution in [1.29, 1.82) is 0 Å². The molecule has 0 amide bonds. The molecule has 0 spiro atoms. The number of aromatic nitrogens is 2. The van der Waals surface area contributed by atoms with Gasteiger partial charge in [-0.15, -0.1) is 0 Å². The van der Waals surface area contributed by atoms with E-state index in [4.69, 9.17) is 11.6 Å². The maximum atomic E-state index is 5.61. The van der Waals surface area contributed by atoms with Gasteiger partial charge in [0.1, 0.15) is 11.0 Å². The first-order chi connectivity index (χ1) is 5.24. The topological polar surface area (TPSA) is 17.8 Å². The van der Waals surface area contributed by atoms with Crippen LogP contribution in [0.2, 0.25) is 5.15 Å². The minimum atomic E-state index is 0.578. The first kappa shape index (κ1) is 10.5. The van der Waals surface area contributed by atoms with Gasteiger partial charge >= 0.3 is 0 Å². The molecule has 0 radical (unpaired) electrons. The lowest BCUT2D eigenvalue weighted by Crippen LogP contribution is -1.93. The van der Waals surface area contributed by atoms with Crippen molar-refractivity contribution in [2.75, 3.05) is 0 Å². The molecule has 0 unspecified atom stereocenters. The molecule has 0 aliphatic rings. The SMILES string of the molecule is CC.CCn1cc(Cl)nc1C. The summed E-state index contributed by atoms with van der Waals surface area (Å²) in [6, 6.07) is 0. The van der Waals surface area contributed by atoms with Crippen LogP contribution in [-0.4, -0.2) is 9.55 Å². The molecule has 1 aromatic rings. The molecule has 1 aromatic heterocycles. The van der Waals surface area contributed by atoms with Crippen molar-refractivity contribution in [2.24, 2.45) is 0 Å². The molecular formula is C8H15ClN2. The molecule has 0 bridgehead atoms. The van der Waals surface area contributed by atoms with Crippen molar-refractivity contribution in [1.82, 2.24) is 9.55 Å². The van der Waals surface area contributed by atoms with Crippen LogP contribution in [0, 0.1) is 6.92 Å². The second kappa shape index (κ2) is 5.19. The molecule has 64 valence electrons. The van der Waals surface area contributed by atoms with Crippen LogP contribution in [0.25, 0.3) is 0 Å². The summed E-state index contributed by atoms with van der Waals surface area (Å²) < 4.78 is 2.00. The van der Waals surface area contributed by atoms with Crippen LogP contribution in [0.1, 0.15) is 26.6 Å². The number of hydrogen-bond donors (Lipinski definition) is 0. The minimum Gasteiger partial charge on any atom is -0.334 e. The number of rotatable bonds is 1. The molecule has 11 heavy (non-hydrogen) atoms. The fraction of sp³-hybridized carbons (Fsp3) is 0.625. The fourth-order valence-electron chi connectivity index (χ4n) is 0.790. The third-order valence-corrected chi connectivity index (χ3v) is 1.47. The van der Waals surface area contributed by atoms with E-state index in [1.807, 2.05) is 31.5 Å². The summed E-state index contributed by atoms with van der Waals surface area (Å²) in [5, 5.41) is 0.578. The standard InChI is InChI=1S/C6H9ClN2.C2H6/c1-3-9-4-6(7)8-5(9)2;1-2/h4H,3H2,1-2H3;1-2H3. The molecule has 2 nitrogen and oxygen atoms in total. The van der Waals surface area contributed by atoms with Gasteiger partial charge in [-0.3, -0.25) is 0 Å². The van der Waals surface area contributed by atoms with E-state index in [-0.39, 0.29) is 0 Å². The molecule has 0 fully saturated rings. The average molecular weight is 175 g/mol. The van der Waals surface area contributed by atoms with E-state index in [2.05, 4.69) is 11.9 Å². The highest BCUT2D eigenvalue weighted by Crippen LogP contribution is 2.06. The molecule has 1 rings (SSSR count). The van der Waals surface area contributed by atoms with Crippen molar-refractivity contribution >= 4 is 11.6 Å². The van der Waals surface area contributed by atoms with Gasteiger partial charge in [-0.05, 0) is 13.8 Å². The summed E-state index contributed by atoms with van der Waals surface area (Å²) in [6.07, 6.45) is 1.83. The van der Waals surface area contributed by atoms with Crippen LogP contribution >= 0.6 is 11.6 Å². The van der Waals surface area contributed by atoms with Gasteiger partial charge in [-0.2, -0.15) is 0 Å². The third kappa shape index (κ3) is 2.93. The van der Waals surface area contributed by atoms with E-state index in [9.17, 15) is 0 Å². The number of imidazole rings is 1. The fourth-order valence-corrected chi connectivity index (χ4v) is 1.03. The van der Waals surface area contributed by atoms with Crippen LogP contribution in [-0.2, 0) is 6.54 Å². The van der Waals surface area contributed by atoms with Crippen LogP contribution in [0.3, 0.4) is 0 Å². The lowest BCUT2D eigenvalue weighted by molar-refractivity contribution is 0.730. The third-order valence-electron chi connectivity index (χ3n) is 1.29. The molecule has 0 atom stereocenters. The van der Waals surface area contributed by atoms with Crippen LogP contribution in [0.15, 0.2) is 6.20 Å². The second-order valence-corrected chi connectivity index (χ2v) is 2.28. The predicted molar refractivity (Wildman–Crippen MR) is 49.0 cm³/mol. The second-order valence-electron chi connectivity index (χ2n) is 1.90. The molecule has 0 N–H and O–H groups in total. The Balaban J connectivity index is 0.000000461. The molecule has 3 heteroatoms. The zero-order valence-corrected chi connectivity index (χ0v) is 8.31. The van der Waals surface area contributed by atoms with Gasteiger partial charge in [-0.25, -0.2) is 4.98 Å². The highest BCUT2D eigenvalue weighted by atomic mass is 35.5. The molecule has 0 aliphatic heterocycles. The van der Waals surface area contributed by atoms with Crippen LogP contribution < -0.4 is 0 Å². The largest absolute Gasteiger partial charge is 0.334 e. The Kier molecular flexibility index (Phi) is 4.95. The molecule has 0 saturated carbocycles. The summed E-state index contributed by atoms with van der Waals surface area (Å²) in [7, 11) is 0. The Labute approximate surface area is 73.2 Å². The number of nitrogens with zero attached hydrogens (tertiary/aromatic N) is 2. The Morgan fingerprint density at radius 1 is 1.55 bits per heavy atom. The Bertz CT molecular complexity index is 206. The first-order valence-electron chi connectivity index (χ1n) is 3.93. The summed E-state index contributed by atoms with van der Waals surface area (Å²) in [6.45, 7) is 8.94.